The van der Waals surface area contributed by atoms with Crippen LogP contribution in [0.25, 0.3) is 0 Å². The predicted molar refractivity (Wildman–Crippen MR) is 89.6 cm³/mol. The Morgan fingerprint density at radius 2 is 2.10 bits per heavy atom. The average molecular weight is 389 g/mol. The molecule has 112 valence electrons. The Balaban J connectivity index is 1.67. The summed E-state index contributed by atoms with van der Waals surface area (Å²) < 4.78 is 12.5. The molecule has 3 rings (SSSR count). The molecule has 0 atom stereocenters. The van der Waals surface area contributed by atoms with Crippen LogP contribution < -0.4 is 14.8 Å². The van der Waals surface area contributed by atoms with Crippen molar-refractivity contribution in [2.45, 2.75) is 19.5 Å². The summed E-state index contributed by atoms with van der Waals surface area (Å²) in [7, 11) is 0. The maximum Gasteiger partial charge on any atom is 0.179 e. The molecule has 0 unspecified atom stereocenters. The molecular formula is C15H15BrClNO2S. The van der Waals surface area contributed by atoms with E-state index in [1.165, 1.54) is 4.88 Å². The summed E-state index contributed by atoms with van der Waals surface area (Å²) in [6.45, 7) is 2.88. The fourth-order valence-corrected chi connectivity index (χ4v) is 3.91. The van der Waals surface area contributed by atoms with Gasteiger partial charge in [-0.25, -0.2) is 0 Å². The zero-order chi connectivity index (χ0) is 14.7. The summed E-state index contributed by atoms with van der Waals surface area (Å²) in [6.07, 6.45) is 0.880. The molecule has 6 heteroatoms. The summed E-state index contributed by atoms with van der Waals surface area (Å²) in [5.74, 6) is 1.41. The van der Waals surface area contributed by atoms with Gasteiger partial charge in [0, 0.05) is 28.9 Å². The molecule has 0 spiro atoms. The monoisotopic (exact) mass is 387 g/mol. The van der Waals surface area contributed by atoms with Crippen LogP contribution in [-0.2, 0) is 13.1 Å². The number of halogens is 2. The van der Waals surface area contributed by atoms with Crippen LogP contribution in [0.2, 0.25) is 5.02 Å². The fraction of sp³-hybridized carbons (Fsp3) is 0.333. The van der Waals surface area contributed by atoms with Gasteiger partial charge >= 0.3 is 0 Å². The quantitative estimate of drug-likeness (QED) is 0.829. The molecule has 2 aromatic rings. The van der Waals surface area contributed by atoms with E-state index in [1.54, 1.807) is 11.3 Å². The number of thiophene rings is 1. The number of nitrogens with one attached hydrogen (secondary N) is 1. The molecule has 2 heterocycles. The highest BCUT2D eigenvalue weighted by Gasteiger charge is 2.15. The number of benzene rings is 1. The lowest BCUT2D eigenvalue weighted by atomic mass is 10.2. The lowest BCUT2D eigenvalue weighted by Gasteiger charge is -2.12. The molecule has 0 saturated carbocycles. The first kappa shape index (κ1) is 15.2. The maximum absolute atomic E-state index is 6.29. The lowest BCUT2D eigenvalue weighted by molar-refractivity contribution is 0.297. The van der Waals surface area contributed by atoms with Gasteiger partial charge in [-0.05, 0) is 45.1 Å². The minimum absolute atomic E-state index is 0.614. The van der Waals surface area contributed by atoms with Crippen LogP contribution in [0.4, 0.5) is 0 Å². The SMILES string of the molecule is Clc1cc(CNCc2sccc2Br)cc2c1OCCCO2. The van der Waals surface area contributed by atoms with E-state index < -0.39 is 0 Å². The molecule has 0 fully saturated rings. The summed E-state index contributed by atoms with van der Waals surface area (Å²) >= 11 is 11.6. The van der Waals surface area contributed by atoms with Gasteiger partial charge in [-0.3, -0.25) is 0 Å². The Kier molecular flexibility index (Phi) is 5.06. The second-order valence-electron chi connectivity index (χ2n) is 4.75. The van der Waals surface area contributed by atoms with Crippen molar-refractivity contribution in [3.63, 3.8) is 0 Å². The van der Waals surface area contributed by atoms with Crippen molar-refractivity contribution in [1.82, 2.24) is 5.32 Å². The van der Waals surface area contributed by atoms with E-state index in [2.05, 4.69) is 32.7 Å². The zero-order valence-electron chi connectivity index (χ0n) is 11.3. The van der Waals surface area contributed by atoms with Gasteiger partial charge in [0.1, 0.15) is 0 Å². The highest BCUT2D eigenvalue weighted by atomic mass is 79.9. The first-order valence-corrected chi connectivity index (χ1v) is 8.79. The third kappa shape index (κ3) is 3.72. The third-order valence-electron chi connectivity index (χ3n) is 3.17. The lowest BCUT2D eigenvalue weighted by Crippen LogP contribution is -2.12. The molecule has 0 saturated heterocycles. The van der Waals surface area contributed by atoms with Crippen molar-refractivity contribution in [2.24, 2.45) is 0 Å². The van der Waals surface area contributed by atoms with Crippen LogP contribution in [0.3, 0.4) is 0 Å². The van der Waals surface area contributed by atoms with E-state index in [1.807, 2.05) is 12.1 Å². The zero-order valence-corrected chi connectivity index (χ0v) is 14.5. The second kappa shape index (κ2) is 7.01. The van der Waals surface area contributed by atoms with Crippen molar-refractivity contribution < 1.29 is 9.47 Å². The van der Waals surface area contributed by atoms with Gasteiger partial charge in [-0.1, -0.05) is 11.6 Å². The van der Waals surface area contributed by atoms with Gasteiger partial charge in [-0.2, -0.15) is 0 Å². The second-order valence-corrected chi connectivity index (χ2v) is 7.01. The molecule has 1 aromatic heterocycles. The van der Waals surface area contributed by atoms with Gasteiger partial charge in [0.15, 0.2) is 11.5 Å². The Hall–Kier alpha value is -0.750. The standard InChI is InChI=1S/C15H15BrClNO2S/c16-11-2-5-21-14(11)9-18-8-10-6-12(17)15-13(7-10)19-3-1-4-20-15/h2,5-7,18H,1,3-4,8-9H2. The normalized spacial score (nSPS) is 14.0. The number of hydrogen-bond donors (Lipinski definition) is 1. The van der Waals surface area contributed by atoms with E-state index in [9.17, 15) is 0 Å². The van der Waals surface area contributed by atoms with Gasteiger partial charge in [0.05, 0.1) is 18.2 Å². The van der Waals surface area contributed by atoms with Gasteiger partial charge in [-0.15, -0.1) is 11.3 Å². The van der Waals surface area contributed by atoms with Crippen molar-refractivity contribution in [3.05, 3.63) is 43.5 Å². The molecule has 1 aromatic carbocycles. The van der Waals surface area contributed by atoms with E-state index in [4.69, 9.17) is 21.1 Å². The van der Waals surface area contributed by atoms with E-state index in [0.29, 0.717) is 24.0 Å². The van der Waals surface area contributed by atoms with Crippen LogP contribution in [0, 0.1) is 0 Å². The molecular weight excluding hydrogens is 374 g/mol. The molecule has 0 bridgehead atoms. The van der Waals surface area contributed by atoms with E-state index in [-0.39, 0.29) is 0 Å². The smallest absolute Gasteiger partial charge is 0.179 e. The highest BCUT2D eigenvalue weighted by Crippen LogP contribution is 2.38. The van der Waals surface area contributed by atoms with Gasteiger partial charge in [0.2, 0.25) is 0 Å². The molecule has 21 heavy (non-hydrogen) atoms. The van der Waals surface area contributed by atoms with Crippen molar-refractivity contribution in [3.8, 4) is 11.5 Å². The molecule has 3 nitrogen and oxygen atoms in total. The molecule has 0 aliphatic carbocycles. The minimum atomic E-state index is 0.614. The van der Waals surface area contributed by atoms with Crippen molar-refractivity contribution in [2.75, 3.05) is 13.2 Å². The minimum Gasteiger partial charge on any atom is -0.489 e. The van der Waals surface area contributed by atoms with E-state index >= 15 is 0 Å². The Morgan fingerprint density at radius 1 is 1.24 bits per heavy atom. The molecule has 0 radical (unpaired) electrons. The highest BCUT2D eigenvalue weighted by molar-refractivity contribution is 9.10. The third-order valence-corrected chi connectivity index (χ3v) is 5.37. The number of hydrogen-bond acceptors (Lipinski definition) is 4. The molecule has 0 amide bonds. The molecule has 1 aliphatic heterocycles. The first-order chi connectivity index (χ1) is 10.2. The number of rotatable bonds is 4. The van der Waals surface area contributed by atoms with Crippen LogP contribution in [0.15, 0.2) is 28.1 Å². The average Bonchev–Trinajstić information content (AvgIpc) is 2.73. The molecule has 1 N–H and O–H groups in total. The summed E-state index contributed by atoms with van der Waals surface area (Å²) in [5.41, 5.74) is 1.09. The number of fused-ring (bicyclic) bond motifs is 1. The van der Waals surface area contributed by atoms with Crippen LogP contribution in [-0.4, -0.2) is 13.2 Å². The summed E-state index contributed by atoms with van der Waals surface area (Å²) in [4.78, 5) is 1.29. The Morgan fingerprint density at radius 3 is 2.90 bits per heavy atom. The maximum atomic E-state index is 6.29. The van der Waals surface area contributed by atoms with Gasteiger partial charge < -0.3 is 14.8 Å². The predicted octanol–water partition coefficient (Wildman–Crippen LogP) is 4.62. The summed E-state index contributed by atoms with van der Waals surface area (Å²) in [5, 5.41) is 6.11. The van der Waals surface area contributed by atoms with Crippen molar-refractivity contribution >= 4 is 38.9 Å². The van der Waals surface area contributed by atoms with Crippen LogP contribution >= 0.6 is 38.9 Å². The Labute approximate surface area is 141 Å². The van der Waals surface area contributed by atoms with Crippen LogP contribution in [0.5, 0.6) is 11.5 Å². The van der Waals surface area contributed by atoms with Crippen LogP contribution in [0.1, 0.15) is 16.9 Å². The molecule has 1 aliphatic rings. The Bertz CT molecular complexity index is 632. The largest absolute Gasteiger partial charge is 0.489 e. The fourth-order valence-electron chi connectivity index (χ4n) is 2.16. The topological polar surface area (TPSA) is 30.5 Å². The summed E-state index contributed by atoms with van der Waals surface area (Å²) in [6, 6.07) is 6.00. The van der Waals surface area contributed by atoms with Crippen molar-refractivity contribution in [1.29, 1.82) is 0 Å². The van der Waals surface area contributed by atoms with Gasteiger partial charge in [0.25, 0.3) is 0 Å². The number of ether oxygens (including phenoxy) is 2. The van der Waals surface area contributed by atoms with E-state index in [0.717, 1.165) is 35.3 Å². The first-order valence-electron chi connectivity index (χ1n) is 6.74.